The van der Waals surface area contributed by atoms with Gasteiger partial charge in [-0.3, -0.25) is 4.79 Å². The summed E-state index contributed by atoms with van der Waals surface area (Å²) in [7, 11) is 2.97. The van der Waals surface area contributed by atoms with E-state index in [1.54, 1.807) is 7.11 Å². The summed E-state index contributed by atoms with van der Waals surface area (Å²) in [4.78, 5) is 22.9. The third kappa shape index (κ3) is 5.27. The number of methoxy groups -OCH3 is 2. The topological polar surface area (TPSA) is 73.9 Å². The Morgan fingerprint density at radius 2 is 1.85 bits per heavy atom. The van der Waals surface area contributed by atoms with Gasteiger partial charge in [-0.05, 0) is 24.6 Å². The number of ether oxygens (including phenoxy) is 3. The zero-order valence-electron chi connectivity index (χ0n) is 11.8. The Morgan fingerprint density at radius 1 is 1.20 bits per heavy atom. The number of hydrogen-bond donors (Lipinski definition) is 1. The molecular formula is C14H19NO5. The lowest BCUT2D eigenvalue weighted by Crippen LogP contribution is -2.36. The number of carbonyl (C=O) groups is 2. The molecule has 6 nitrogen and oxygen atoms in total. The molecule has 1 aromatic rings. The molecule has 110 valence electrons. The van der Waals surface area contributed by atoms with Gasteiger partial charge in [0, 0.05) is 13.7 Å². The van der Waals surface area contributed by atoms with Gasteiger partial charge in [-0.2, -0.15) is 0 Å². The highest BCUT2D eigenvalue weighted by Gasteiger charge is 2.17. The van der Waals surface area contributed by atoms with Gasteiger partial charge in [-0.1, -0.05) is 12.1 Å². The van der Waals surface area contributed by atoms with E-state index in [0.717, 1.165) is 11.3 Å². The number of carbonyl (C=O) groups excluding carboxylic acids is 2. The fourth-order valence-corrected chi connectivity index (χ4v) is 1.48. The van der Waals surface area contributed by atoms with Gasteiger partial charge in [-0.15, -0.1) is 0 Å². The van der Waals surface area contributed by atoms with E-state index in [2.05, 4.69) is 10.1 Å². The van der Waals surface area contributed by atoms with Crippen molar-refractivity contribution >= 4 is 11.9 Å². The van der Waals surface area contributed by atoms with Gasteiger partial charge in [-0.25, -0.2) is 4.79 Å². The van der Waals surface area contributed by atoms with Crippen molar-refractivity contribution in [2.45, 2.75) is 19.6 Å². The summed E-state index contributed by atoms with van der Waals surface area (Å²) in [6.07, 6.45) is -0.851. The maximum atomic E-state index is 11.7. The van der Waals surface area contributed by atoms with Crippen LogP contribution in [0.2, 0.25) is 0 Å². The molecular weight excluding hydrogens is 262 g/mol. The first-order valence-electron chi connectivity index (χ1n) is 6.16. The summed E-state index contributed by atoms with van der Waals surface area (Å²) >= 11 is 0. The van der Waals surface area contributed by atoms with E-state index in [4.69, 9.17) is 9.47 Å². The first kappa shape index (κ1) is 16.0. The van der Waals surface area contributed by atoms with Crippen molar-refractivity contribution in [1.29, 1.82) is 0 Å². The van der Waals surface area contributed by atoms with Crippen molar-refractivity contribution in [3.05, 3.63) is 29.8 Å². The highest BCUT2D eigenvalue weighted by atomic mass is 16.6. The molecule has 1 aromatic carbocycles. The highest BCUT2D eigenvalue weighted by Crippen LogP contribution is 2.10. The first-order chi connectivity index (χ1) is 9.56. The van der Waals surface area contributed by atoms with Crippen LogP contribution in [-0.2, 0) is 25.6 Å². The van der Waals surface area contributed by atoms with Crippen molar-refractivity contribution < 1.29 is 23.8 Å². The molecule has 20 heavy (non-hydrogen) atoms. The Hall–Kier alpha value is -2.08. The average Bonchev–Trinajstić information content (AvgIpc) is 2.45. The minimum atomic E-state index is -0.851. The van der Waals surface area contributed by atoms with Gasteiger partial charge >= 0.3 is 5.97 Å². The summed E-state index contributed by atoms with van der Waals surface area (Å²) < 4.78 is 14.5. The van der Waals surface area contributed by atoms with Crippen molar-refractivity contribution in [2.24, 2.45) is 0 Å². The number of hydrogen-bond acceptors (Lipinski definition) is 5. The van der Waals surface area contributed by atoms with Crippen LogP contribution in [0.25, 0.3) is 0 Å². The monoisotopic (exact) mass is 281 g/mol. The average molecular weight is 281 g/mol. The minimum absolute atomic E-state index is 0.171. The zero-order valence-corrected chi connectivity index (χ0v) is 11.8. The number of esters is 1. The molecule has 0 saturated carbocycles. The van der Waals surface area contributed by atoms with E-state index in [0.29, 0.717) is 6.54 Å². The van der Waals surface area contributed by atoms with E-state index in [-0.39, 0.29) is 12.5 Å². The summed E-state index contributed by atoms with van der Waals surface area (Å²) in [6.45, 7) is 1.70. The van der Waals surface area contributed by atoms with E-state index in [1.807, 2.05) is 24.3 Å². The Bertz CT molecular complexity index is 443. The van der Waals surface area contributed by atoms with Crippen LogP contribution in [0.5, 0.6) is 5.75 Å². The first-order valence-corrected chi connectivity index (χ1v) is 6.16. The van der Waals surface area contributed by atoms with Gasteiger partial charge in [0.25, 0.3) is 5.91 Å². The second-order valence-electron chi connectivity index (χ2n) is 4.13. The summed E-state index contributed by atoms with van der Waals surface area (Å²) in [5.41, 5.74) is 0.926. The summed E-state index contributed by atoms with van der Waals surface area (Å²) in [5.74, 6) is -0.174. The highest BCUT2D eigenvalue weighted by molar-refractivity contribution is 5.83. The van der Waals surface area contributed by atoms with Gasteiger partial charge in [0.05, 0.1) is 7.11 Å². The fourth-order valence-electron chi connectivity index (χ4n) is 1.48. The molecule has 1 N–H and O–H groups in total. The Labute approximate surface area is 118 Å². The van der Waals surface area contributed by atoms with Crippen LogP contribution in [0.4, 0.5) is 0 Å². The van der Waals surface area contributed by atoms with Crippen molar-refractivity contribution in [2.75, 3.05) is 20.8 Å². The molecule has 1 amide bonds. The smallest absolute Gasteiger partial charge is 0.332 e. The normalized spacial score (nSPS) is 11.6. The molecule has 0 aliphatic heterocycles. The van der Waals surface area contributed by atoms with Crippen LogP contribution in [0.15, 0.2) is 24.3 Å². The molecule has 6 heteroatoms. The predicted molar refractivity (Wildman–Crippen MR) is 72.3 cm³/mol. The molecule has 0 radical (unpaired) electrons. The Kier molecular flexibility index (Phi) is 6.52. The zero-order chi connectivity index (χ0) is 15.0. The molecule has 0 unspecified atom stereocenters. The van der Waals surface area contributed by atoms with E-state index in [9.17, 15) is 9.59 Å². The van der Waals surface area contributed by atoms with Gasteiger partial charge in [0.1, 0.15) is 12.4 Å². The third-order valence-electron chi connectivity index (χ3n) is 2.57. The SMILES string of the molecule is COCC(=O)O[C@H](C)C(=O)NCc1ccc(OC)cc1. The number of nitrogens with one attached hydrogen (secondary N) is 1. The molecule has 0 aromatic heterocycles. The predicted octanol–water partition coefficient (Wildman–Crippen LogP) is 0.889. The maximum Gasteiger partial charge on any atom is 0.332 e. The number of rotatable bonds is 7. The van der Waals surface area contributed by atoms with Crippen LogP contribution >= 0.6 is 0 Å². The Balaban J connectivity index is 2.39. The maximum absolute atomic E-state index is 11.7. The Morgan fingerprint density at radius 3 is 2.40 bits per heavy atom. The molecule has 0 heterocycles. The van der Waals surface area contributed by atoms with Crippen LogP contribution < -0.4 is 10.1 Å². The molecule has 1 rings (SSSR count). The molecule has 0 fully saturated rings. The van der Waals surface area contributed by atoms with E-state index in [1.165, 1.54) is 14.0 Å². The molecule has 0 aliphatic carbocycles. The standard InChI is InChI=1S/C14H19NO5/c1-10(20-13(16)9-18-2)14(17)15-8-11-4-6-12(19-3)7-5-11/h4-7,10H,8-9H2,1-3H3,(H,15,17)/t10-/m1/s1. The molecule has 0 aliphatic rings. The molecule has 0 bridgehead atoms. The number of benzene rings is 1. The van der Waals surface area contributed by atoms with Crippen molar-refractivity contribution in [1.82, 2.24) is 5.32 Å². The van der Waals surface area contributed by atoms with Crippen molar-refractivity contribution in [3.63, 3.8) is 0 Å². The molecule has 0 spiro atoms. The largest absolute Gasteiger partial charge is 0.497 e. The van der Waals surface area contributed by atoms with Crippen LogP contribution in [-0.4, -0.2) is 38.8 Å². The second kappa shape index (κ2) is 8.16. The van der Waals surface area contributed by atoms with Gasteiger partial charge in [0.2, 0.25) is 0 Å². The summed E-state index contributed by atoms with van der Waals surface area (Å²) in [5, 5.41) is 2.69. The van der Waals surface area contributed by atoms with Gasteiger partial charge < -0.3 is 19.5 Å². The van der Waals surface area contributed by atoms with E-state index < -0.39 is 12.1 Å². The van der Waals surface area contributed by atoms with Crippen LogP contribution in [0.1, 0.15) is 12.5 Å². The van der Waals surface area contributed by atoms with Crippen LogP contribution in [0.3, 0.4) is 0 Å². The third-order valence-corrected chi connectivity index (χ3v) is 2.57. The molecule has 0 saturated heterocycles. The quantitative estimate of drug-likeness (QED) is 0.751. The molecule has 1 atom stereocenters. The fraction of sp³-hybridized carbons (Fsp3) is 0.429. The summed E-state index contributed by atoms with van der Waals surface area (Å²) in [6, 6.07) is 7.31. The lowest BCUT2D eigenvalue weighted by atomic mass is 10.2. The minimum Gasteiger partial charge on any atom is -0.497 e. The lowest BCUT2D eigenvalue weighted by molar-refractivity contribution is -0.158. The van der Waals surface area contributed by atoms with Gasteiger partial charge in [0.15, 0.2) is 6.10 Å². The van der Waals surface area contributed by atoms with E-state index >= 15 is 0 Å². The van der Waals surface area contributed by atoms with Crippen molar-refractivity contribution in [3.8, 4) is 5.75 Å². The lowest BCUT2D eigenvalue weighted by Gasteiger charge is -2.13. The number of amides is 1. The van der Waals surface area contributed by atoms with Crippen LogP contribution in [0, 0.1) is 0 Å². The second-order valence-corrected chi connectivity index (χ2v) is 4.13.